The van der Waals surface area contributed by atoms with E-state index in [4.69, 9.17) is 14.1 Å². The molecule has 1 aliphatic carbocycles. The summed E-state index contributed by atoms with van der Waals surface area (Å²) in [5, 5.41) is 15.9. The van der Waals surface area contributed by atoms with Gasteiger partial charge in [0.05, 0.1) is 11.3 Å². The van der Waals surface area contributed by atoms with E-state index in [0.29, 0.717) is 69.2 Å². The fraction of sp³-hybridized carbons (Fsp3) is 0.541. The van der Waals surface area contributed by atoms with Gasteiger partial charge in [-0.3, -0.25) is 19.2 Å². The monoisotopic (exact) mass is 734 g/mol. The molecule has 3 aromatic rings. The minimum atomic E-state index is -1.06. The van der Waals surface area contributed by atoms with Gasteiger partial charge in [-0.2, -0.15) is 0 Å². The van der Waals surface area contributed by atoms with Gasteiger partial charge in [0.15, 0.2) is 11.4 Å². The highest BCUT2D eigenvalue weighted by molar-refractivity contribution is 6.01. The van der Waals surface area contributed by atoms with Crippen molar-refractivity contribution in [2.45, 2.75) is 70.9 Å². The third-order valence-corrected chi connectivity index (χ3v) is 10.5. The Kier molecular flexibility index (Phi) is 11.9. The fourth-order valence-corrected chi connectivity index (χ4v) is 7.13. The first-order valence-corrected chi connectivity index (χ1v) is 18.3. The van der Waals surface area contributed by atoms with Crippen LogP contribution in [0.4, 0.5) is 10.1 Å². The average molecular weight is 735 g/mol. The van der Waals surface area contributed by atoms with Crippen LogP contribution in [0.25, 0.3) is 0 Å². The number of likely N-dealkylation sites (N-methyl/N-ethyl adjacent to an activating group) is 1. The highest BCUT2D eigenvalue weighted by Crippen LogP contribution is 2.33. The number of pyridine rings is 1. The van der Waals surface area contributed by atoms with Gasteiger partial charge in [0, 0.05) is 38.3 Å². The van der Waals surface area contributed by atoms with Gasteiger partial charge in [0.1, 0.15) is 36.8 Å². The number of fused-ring (bicyclic) bond motifs is 1. The number of hydrogen-bond donors (Lipinski definition) is 3. The molecule has 15 nitrogen and oxygen atoms in total. The van der Waals surface area contributed by atoms with Crippen LogP contribution in [0.5, 0.6) is 11.6 Å². The number of benzene rings is 1. The van der Waals surface area contributed by atoms with E-state index in [1.54, 1.807) is 17.9 Å². The molecule has 0 spiro atoms. The van der Waals surface area contributed by atoms with Gasteiger partial charge < -0.3 is 35.2 Å². The van der Waals surface area contributed by atoms with Crippen LogP contribution in [0.3, 0.4) is 0 Å². The molecule has 284 valence electrons. The molecule has 1 aromatic carbocycles. The second-order valence-electron chi connectivity index (χ2n) is 14.2. The number of nitrogens with one attached hydrogen (secondary N) is 3. The molecular formula is C37H47FN8O7. The van der Waals surface area contributed by atoms with E-state index in [0.717, 1.165) is 12.8 Å². The summed E-state index contributed by atoms with van der Waals surface area (Å²) in [5.74, 6) is -2.70. The maximum absolute atomic E-state index is 15.9. The van der Waals surface area contributed by atoms with Crippen LogP contribution in [-0.4, -0.2) is 107 Å². The molecule has 0 unspecified atom stereocenters. The van der Waals surface area contributed by atoms with Gasteiger partial charge in [-0.05, 0) is 67.1 Å². The van der Waals surface area contributed by atoms with Gasteiger partial charge >= 0.3 is 0 Å². The number of rotatable bonds is 11. The summed E-state index contributed by atoms with van der Waals surface area (Å²) in [6.07, 6.45) is 5.07. The van der Waals surface area contributed by atoms with Crippen LogP contribution >= 0.6 is 0 Å². The van der Waals surface area contributed by atoms with Crippen LogP contribution in [0, 0.1) is 17.7 Å². The fourth-order valence-electron chi connectivity index (χ4n) is 7.13. The van der Waals surface area contributed by atoms with Crippen LogP contribution in [0.2, 0.25) is 0 Å². The van der Waals surface area contributed by atoms with Crippen molar-refractivity contribution in [2.75, 3.05) is 51.8 Å². The number of hydrogen-bond acceptors (Lipinski definition) is 11. The van der Waals surface area contributed by atoms with Crippen molar-refractivity contribution >= 4 is 29.3 Å². The Hall–Kier alpha value is -5.12. The molecule has 16 heteroatoms. The zero-order chi connectivity index (χ0) is 37.6. The highest BCUT2D eigenvalue weighted by atomic mass is 19.1. The summed E-state index contributed by atoms with van der Waals surface area (Å²) in [5.41, 5.74) is 0.899. The number of carbonyl (C=O) groups excluding carboxylic acids is 4. The molecule has 0 bridgehead atoms. The summed E-state index contributed by atoms with van der Waals surface area (Å²) in [4.78, 5) is 62.8. The summed E-state index contributed by atoms with van der Waals surface area (Å²) in [6.45, 7) is 8.53. The summed E-state index contributed by atoms with van der Waals surface area (Å²) in [7, 11) is 1.98. The lowest BCUT2D eigenvalue weighted by molar-refractivity contribution is -0.135. The Morgan fingerprint density at radius 1 is 0.962 bits per heavy atom. The number of anilines is 1. The normalized spacial score (nSPS) is 20.5. The smallest absolute Gasteiger partial charge is 0.276 e. The molecule has 1 saturated carbocycles. The number of aromatic nitrogens is 3. The van der Waals surface area contributed by atoms with Crippen molar-refractivity contribution in [3.8, 4) is 11.6 Å². The predicted molar refractivity (Wildman–Crippen MR) is 190 cm³/mol. The molecule has 3 atom stereocenters. The van der Waals surface area contributed by atoms with E-state index in [9.17, 15) is 19.2 Å². The number of ether oxygens (including phenoxy) is 2. The molecule has 2 aliphatic heterocycles. The van der Waals surface area contributed by atoms with Gasteiger partial charge in [-0.1, -0.05) is 44.8 Å². The van der Waals surface area contributed by atoms with Crippen LogP contribution in [-0.2, 0) is 16.0 Å². The number of nitrogens with zero attached hydrogens (tertiary/aromatic N) is 5. The number of amides is 4. The van der Waals surface area contributed by atoms with E-state index >= 15 is 4.39 Å². The van der Waals surface area contributed by atoms with E-state index in [1.807, 2.05) is 14.0 Å². The van der Waals surface area contributed by atoms with Crippen LogP contribution in [0.1, 0.15) is 84.5 Å². The Morgan fingerprint density at radius 3 is 2.42 bits per heavy atom. The van der Waals surface area contributed by atoms with Crippen molar-refractivity contribution in [1.29, 1.82) is 0 Å². The summed E-state index contributed by atoms with van der Waals surface area (Å²) >= 11 is 0. The lowest BCUT2D eigenvalue weighted by Gasteiger charge is -2.36. The number of halogens is 1. The molecule has 53 heavy (non-hydrogen) atoms. The highest BCUT2D eigenvalue weighted by Gasteiger charge is 2.36. The lowest BCUT2D eigenvalue weighted by atomic mass is 9.79. The maximum atomic E-state index is 15.9. The van der Waals surface area contributed by atoms with E-state index in [2.05, 4.69) is 43.1 Å². The molecule has 1 saturated heterocycles. The molecule has 4 heterocycles. The predicted octanol–water partition coefficient (Wildman–Crippen LogP) is 3.18. The van der Waals surface area contributed by atoms with Crippen LogP contribution < -0.4 is 25.4 Å². The maximum Gasteiger partial charge on any atom is 0.276 e. The second-order valence-corrected chi connectivity index (χ2v) is 14.2. The van der Waals surface area contributed by atoms with E-state index in [-0.39, 0.29) is 47.0 Å². The van der Waals surface area contributed by atoms with Crippen LogP contribution in [0.15, 0.2) is 35.1 Å². The van der Waals surface area contributed by atoms with Crippen molar-refractivity contribution in [3.63, 3.8) is 0 Å². The molecule has 3 N–H and O–H groups in total. The first kappa shape index (κ1) is 37.6. The summed E-state index contributed by atoms with van der Waals surface area (Å²) in [6, 6.07) is 3.79. The topological polar surface area (TPSA) is 181 Å². The zero-order valence-electron chi connectivity index (χ0n) is 30.5. The average Bonchev–Trinajstić information content (AvgIpc) is 3.66. The van der Waals surface area contributed by atoms with Gasteiger partial charge in [-0.15, -0.1) is 0 Å². The molecular weight excluding hydrogens is 687 g/mol. The van der Waals surface area contributed by atoms with E-state index < -0.39 is 41.5 Å². The number of piperazine rings is 1. The Labute approximate surface area is 307 Å². The Bertz CT molecular complexity index is 1800. The number of aryl methyl sites for hydroxylation is 1. The molecule has 2 fully saturated rings. The SMILES string of the molecule is CCc1nonc1C(=O)N[C@H](C(=O)Nc1ccc([C@H](C)[C@@H](NC(=O)c2ccnc3c2OCCO3)C(=O)N2CCN(C)CC2)cc1F)C1CCC(C)CC1. The van der Waals surface area contributed by atoms with Gasteiger partial charge in [-0.25, -0.2) is 14.0 Å². The Balaban J connectivity index is 1.22. The van der Waals surface area contributed by atoms with Gasteiger partial charge in [0.25, 0.3) is 17.7 Å². The summed E-state index contributed by atoms with van der Waals surface area (Å²) < 4.78 is 31.9. The molecule has 4 amide bonds. The molecule has 3 aliphatic rings. The van der Waals surface area contributed by atoms with E-state index in [1.165, 1.54) is 24.4 Å². The zero-order valence-corrected chi connectivity index (χ0v) is 30.5. The van der Waals surface area contributed by atoms with Crippen molar-refractivity contribution in [1.82, 2.24) is 35.7 Å². The minimum absolute atomic E-state index is 0.0106. The van der Waals surface area contributed by atoms with Gasteiger partial charge in [0.2, 0.25) is 11.8 Å². The quantitative estimate of drug-likeness (QED) is 0.263. The first-order valence-electron chi connectivity index (χ1n) is 18.3. The third kappa shape index (κ3) is 8.58. The van der Waals surface area contributed by atoms with Crippen molar-refractivity contribution in [2.24, 2.45) is 11.8 Å². The third-order valence-electron chi connectivity index (χ3n) is 10.5. The van der Waals surface area contributed by atoms with Crippen molar-refractivity contribution in [3.05, 3.63) is 58.8 Å². The molecule has 0 radical (unpaired) electrons. The lowest BCUT2D eigenvalue weighted by Crippen LogP contribution is -2.55. The minimum Gasteiger partial charge on any atom is -0.484 e. The Morgan fingerprint density at radius 2 is 1.70 bits per heavy atom. The van der Waals surface area contributed by atoms with Crippen molar-refractivity contribution < 1.29 is 37.7 Å². The second kappa shape index (κ2) is 16.7. The number of carbonyl (C=O) groups is 4. The molecule has 2 aromatic heterocycles. The standard InChI is InChI=1S/C37H47FN8O7/c1-5-27-31(44-53-43-27)35(49)42-30(23-8-6-21(2)7-9-23)34(48)40-28-11-10-24(20-26(28)38)22(3)29(37(50)46-16-14-45(4)15-17-46)41-33(47)25-12-13-39-36-32(25)51-18-19-52-36/h10-13,20-23,29-30H,5-9,14-19H2,1-4H3,(H,40,48)(H,41,47)(H,42,49)/t21?,22-,23?,29+,30-/m0/s1. The largest absolute Gasteiger partial charge is 0.484 e. The molecule has 6 rings (SSSR count). The first-order chi connectivity index (χ1) is 25.5.